The van der Waals surface area contributed by atoms with Gasteiger partial charge in [0.2, 0.25) is 0 Å². The maximum absolute atomic E-state index is 14.4. The Morgan fingerprint density at radius 2 is 1.80 bits per heavy atom. The minimum Gasteiger partial charge on any atom is -0.447 e. The molecule has 5 rings (SSSR count). The Kier molecular flexibility index (Phi) is 10.8. The van der Waals surface area contributed by atoms with Crippen LogP contribution >= 0.6 is 11.6 Å². The predicted molar refractivity (Wildman–Crippen MR) is 180 cm³/mol. The minimum absolute atomic E-state index is 0.0992. The van der Waals surface area contributed by atoms with Crippen LogP contribution in [0.15, 0.2) is 79.3 Å². The zero-order valence-corrected chi connectivity index (χ0v) is 28.3. The van der Waals surface area contributed by atoms with Crippen LogP contribution in [0.2, 0.25) is 5.02 Å². The van der Waals surface area contributed by atoms with Crippen LogP contribution in [0, 0.1) is 10.8 Å². The van der Waals surface area contributed by atoms with Gasteiger partial charge in [-0.25, -0.2) is 18.3 Å². The Morgan fingerprint density at radius 1 is 1.08 bits per heavy atom. The third-order valence-corrected chi connectivity index (χ3v) is 8.32. The Hall–Kier alpha value is -4.98. The molecule has 0 aliphatic carbocycles. The number of pyridine rings is 1. The highest BCUT2D eigenvalue weighted by Gasteiger charge is 2.47. The van der Waals surface area contributed by atoms with Gasteiger partial charge >= 0.3 is 12.6 Å². The molecule has 264 valence electrons. The van der Waals surface area contributed by atoms with Crippen LogP contribution in [0.3, 0.4) is 0 Å². The van der Waals surface area contributed by atoms with Crippen LogP contribution in [0.5, 0.6) is 0 Å². The number of carbonyl (C=O) groups is 2. The number of alkyl halides is 4. The Morgan fingerprint density at radius 3 is 2.40 bits per heavy atom. The molecule has 1 aliphatic rings. The summed E-state index contributed by atoms with van der Waals surface area (Å²) in [6.07, 6.45) is 3.70. The molecule has 0 unspecified atom stereocenters. The van der Waals surface area contributed by atoms with Gasteiger partial charge in [0.15, 0.2) is 5.96 Å². The first-order chi connectivity index (χ1) is 23.6. The van der Waals surface area contributed by atoms with Gasteiger partial charge in [-0.3, -0.25) is 25.0 Å². The number of hydrogen-bond donors (Lipinski definition) is 2. The molecule has 2 amide bonds. The number of hydrogen-bond acceptors (Lipinski definition) is 6. The van der Waals surface area contributed by atoms with Crippen molar-refractivity contribution in [2.24, 2.45) is 5.41 Å². The molecular formula is C35H36ClF4N7O3. The number of rotatable bonds is 10. The first kappa shape index (κ1) is 36.3. The number of likely N-dealkylation sites (tertiary alicyclic amines) is 1. The summed E-state index contributed by atoms with van der Waals surface area (Å²) >= 11 is 6.57. The molecular weight excluding hydrogens is 678 g/mol. The molecule has 10 nitrogen and oxygen atoms in total. The van der Waals surface area contributed by atoms with Gasteiger partial charge in [-0.2, -0.15) is 13.9 Å². The SMILES string of the molecule is CC(C)(C)CCNC(=N)N(C(=O)c1ccc(-c2cnn(C(F)F)c2)cc1)[C@H](COC(=O)N1CC(F)(F)C1)c1ccc(Cl)c(-c2ccccn2)c1. The molecule has 4 aromatic rings. The normalized spacial score (nSPS) is 14.5. The number of nitrogens with one attached hydrogen (secondary N) is 2. The Balaban J connectivity index is 1.53. The summed E-state index contributed by atoms with van der Waals surface area (Å²) in [6.45, 7) is 1.52. The number of aromatic nitrogens is 3. The van der Waals surface area contributed by atoms with E-state index in [1.807, 2.05) is 20.8 Å². The van der Waals surface area contributed by atoms with E-state index in [1.54, 1.807) is 54.7 Å². The second kappa shape index (κ2) is 14.9. The van der Waals surface area contributed by atoms with Crippen molar-refractivity contribution in [2.75, 3.05) is 26.2 Å². The molecule has 1 fully saturated rings. The number of amides is 2. The molecule has 3 heterocycles. The summed E-state index contributed by atoms with van der Waals surface area (Å²) in [4.78, 5) is 33.6. The number of carbonyl (C=O) groups excluding carboxylic acids is 2. The fourth-order valence-corrected chi connectivity index (χ4v) is 5.46. The third-order valence-electron chi connectivity index (χ3n) is 7.99. The summed E-state index contributed by atoms with van der Waals surface area (Å²) in [5, 5.41) is 16.1. The molecule has 15 heteroatoms. The lowest BCUT2D eigenvalue weighted by atomic mass is 9.92. The number of benzene rings is 2. The molecule has 0 radical (unpaired) electrons. The van der Waals surface area contributed by atoms with Crippen molar-refractivity contribution in [3.05, 3.63) is 95.4 Å². The van der Waals surface area contributed by atoms with Gasteiger partial charge in [0.05, 0.1) is 31.0 Å². The van der Waals surface area contributed by atoms with Crippen molar-refractivity contribution in [1.29, 1.82) is 5.41 Å². The van der Waals surface area contributed by atoms with E-state index in [9.17, 15) is 27.2 Å². The second-order valence-corrected chi connectivity index (χ2v) is 13.5. The average Bonchev–Trinajstić information content (AvgIpc) is 3.56. The Labute approximate surface area is 291 Å². The van der Waals surface area contributed by atoms with Gasteiger partial charge in [0, 0.05) is 40.7 Å². The van der Waals surface area contributed by atoms with Crippen molar-refractivity contribution in [1.82, 2.24) is 29.9 Å². The van der Waals surface area contributed by atoms with Crippen LogP contribution < -0.4 is 5.32 Å². The summed E-state index contributed by atoms with van der Waals surface area (Å²) in [7, 11) is 0. The van der Waals surface area contributed by atoms with Gasteiger partial charge in [-0.15, -0.1) is 0 Å². The lowest BCUT2D eigenvalue weighted by Gasteiger charge is -2.38. The van der Waals surface area contributed by atoms with Gasteiger partial charge < -0.3 is 10.1 Å². The van der Waals surface area contributed by atoms with Crippen LogP contribution in [0.4, 0.5) is 22.4 Å². The highest BCUT2D eigenvalue weighted by Crippen LogP contribution is 2.34. The number of ether oxygens (including phenoxy) is 1. The lowest BCUT2D eigenvalue weighted by Crippen LogP contribution is -2.58. The quantitative estimate of drug-likeness (QED) is 0.0981. The maximum atomic E-state index is 14.4. The van der Waals surface area contributed by atoms with E-state index >= 15 is 0 Å². The molecule has 2 aromatic carbocycles. The van der Waals surface area contributed by atoms with Crippen LogP contribution in [-0.4, -0.2) is 74.7 Å². The van der Waals surface area contributed by atoms with E-state index < -0.39 is 50.2 Å². The van der Waals surface area contributed by atoms with Crippen molar-refractivity contribution in [3.8, 4) is 22.4 Å². The standard InChI is InChI=1S/C35H36ClF4N7O3/c1-34(2,3)13-15-43-32(41)47(30(48)23-9-7-22(8-10-23)25-17-44-46(18-25)31(37)38)29(19-50-33(49)45-20-35(39,40)21-45)24-11-12-27(36)26(16-24)28-6-4-5-14-42-28/h4-12,14,16-18,29,31H,13,15,19-21H2,1-3H3,(H2,41,43)/t29-/m1/s1. The molecule has 1 saturated heterocycles. The van der Waals surface area contributed by atoms with Crippen molar-refractivity contribution >= 4 is 29.6 Å². The monoisotopic (exact) mass is 713 g/mol. The van der Waals surface area contributed by atoms with Crippen molar-refractivity contribution in [3.63, 3.8) is 0 Å². The highest BCUT2D eigenvalue weighted by molar-refractivity contribution is 6.33. The molecule has 2 aromatic heterocycles. The summed E-state index contributed by atoms with van der Waals surface area (Å²) in [5.41, 5.74) is 2.42. The first-order valence-corrected chi connectivity index (χ1v) is 16.1. The average molecular weight is 714 g/mol. The van der Waals surface area contributed by atoms with E-state index in [0.29, 0.717) is 50.6 Å². The fraction of sp³-hybridized carbons (Fsp3) is 0.343. The predicted octanol–water partition coefficient (Wildman–Crippen LogP) is 7.89. The molecule has 1 aliphatic heterocycles. The smallest absolute Gasteiger partial charge is 0.410 e. The molecule has 2 N–H and O–H groups in total. The van der Waals surface area contributed by atoms with Gasteiger partial charge in [0.1, 0.15) is 6.61 Å². The molecule has 1 atom stereocenters. The van der Waals surface area contributed by atoms with Crippen LogP contribution in [-0.2, 0) is 4.74 Å². The zero-order valence-electron chi connectivity index (χ0n) is 27.5. The summed E-state index contributed by atoms with van der Waals surface area (Å²) in [6, 6.07) is 15.1. The van der Waals surface area contributed by atoms with Gasteiger partial charge in [-0.05, 0) is 59.4 Å². The summed E-state index contributed by atoms with van der Waals surface area (Å²) < 4.78 is 59.4. The van der Waals surface area contributed by atoms with Crippen molar-refractivity contribution in [2.45, 2.75) is 45.7 Å². The van der Waals surface area contributed by atoms with E-state index in [0.717, 1.165) is 9.80 Å². The second-order valence-electron chi connectivity index (χ2n) is 13.1. The Bertz CT molecular complexity index is 1820. The highest BCUT2D eigenvalue weighted by atomic mass is 35.5. The van der Waals surface area contributed by atoms with Crippen LogP contribution in [0.25, 0.3) is 22.4 Å². The van der Waals surface area contributed by atoms with E-state index in [-0.39, 0.29) is 16.9 Å². The molecule has 50 heavy (non-hydrogen) atoms. The topological polar surface area (TPSA) is 116 Å². The van der Waals surface area contributed by atoms with Gasteiger partial charge in [0.25, 0.3) is 11.8 Å². The zero-order chi connectivity index (χ0) is 36.2. The fourth-order valence-electron chi connectivity index (χ4n) is 5.25. The number of halogens is 5. The number of guanidine groups is 1. The first-order valence-electron chi connectivity index (χ1n) is 15.7. The van der Waals surface area contributed by atoms with Crippen molar-refractivity contribution < 1.29 is 31.9 Å². The molecule has 0 bridgehead atoms. The maximum Gasteiger partial charge on any atom is 0.410 e. The number of nitrogens with zero attached hydrogens (tertiary/aromatic N) is 5. The lowest BCUT2D eigenvalue weighted by molar-refractivity contribution is -0.120. The van der Waals surface area contributed by atoms with E-state index in [1.165, 1.54) is 24.5 Å². The van der Waals surface area contributed by atoms with E-state index in [4.69, 9.17) is 21.7 Å². The van der Waals surface area contributed by atoms with Gasteiger partial charge in [-0.1, -0.05) is 56.6 Å². The minimum atomic E-state index is -3.02. The summed E-state index contributed by atoms with van der Waals surface area (Å²) in [5.74, 6) is -3.97. The van der Waals surface area contributed by atoms with E-state index in [2.05, 4.69) is 15.4 Å². The molecule has 0 spiro atoms. The largest absolute Gasteiger partial charge is 0.447 e. The third kappa shape index (κ3) is 8.78. The molecule has 0 saturated carbocycles. The van der Waals surface area contributed by atoms with Crippen LogP contribution in [0.1, 0.15) is 55.7 Å².